The first-order valence-electron chi connectivity index (χ1n) is 6.73. The van der Waals surface area contributed by atoms with Crippen molar-refractivity contribution in [3.8, 4) is 30.3 Å². The molecule has 0 bridgehead atoms. The summed E-state index contributed by atoms with van der Waals surface area (Å²) in [5.74, 6) is 0. The van der Waals surface area contributed by atoms with E-state index in [1.807, 2.05) is 29.2 Å². The average Bonchev–Trinajstić information content (AvgIpc) is 2.50. The predicted molar refractivity (Wildman–Crippen MR) is 77.4 cm³/mol. The maximum atomic E-state index is 8.85. The number of nitriles is 5. The first-order chi connectivity index (χ1) is 10.7. The van der Waals surface area contributed by atoms with E-state index in [-0.39, 0.29) is 32.7 Å². The van der Waals surface area contributed by atoms with Crippen LogP contribution in [0.3, 0.4) is 0 Å². The molecule has 0 aliphatic heterocycles. The molecule has 0 aliphatic carbocycles. The summed E-state index contributed by atoms with van der Waals surface area (Å²) >= 11 is 0. The van der Waals surface area contributed by atoms with Crippen LogP contribution in [-0.2, 0) is 0 Å². The molecular formula is C14H18N8. The van der Waals surface area contributed by atoms with Gasteiger partial charge in [0.2, 0.25) is 0 Å². The van der Waals surface area contributed by atoms with E-state index < -0.39 is 0 Å². The topological polar surface area (TPSA) is 129 Å². The molecule has 0 atom stereocenters. The Morgan fingerprint density at radius 2 is 0.636 bits per heavy atom. The van der Waals surface area contributed by atoms with Crippen molar-refractivity contribution < 1.29 is 0 Å². The van der Waals surface area contributed by atoms with Crippen molar-refractivity contribution in [2.45, 2.75) is 0 Å². The lowest BCUT2D eigenvalue weighted by molar-refractivity contribution is 0.215. The molecule has 114 valence electrons. The minimum atomic E-state index is 0.170. The second kappa shape index (κ2) is 13.3. The van der Waals surface area contributed by atoms with Crippen molar-refractivity contribution in [3.05, 3.63) is 0 Å². The van der Waals surface area contributed by atoms with Crippen molar-refractivity contribution in [2.75, 3.05) is 58.9 Å². The molecule has 0 radical (unpaired) electrons. The highest BCUT2D eigenvalue weighted by Crippen LogP contribution is 1.95. The van der Waals surface area contributed by atoms with E-state index in [0.717, 1.165) is 0 Å². The van der Waals surface area contributed by atoms with Gasteiger partial charge in [-0.25, -0.2) is 0 Å². The minimum absolute atomic E-state index is 0.170. The van der Waals surface area contributed by atoms with Gasteiger partial charge in [0.25, 0.3) is 0 Å². The van der Waals surface area contributed by atoms with Crippen LogP contribution in [0.4, 0.5) is 0 Å². The Bertz CT molecular complexity index is 437. The average molecular weight is 298 g/mol. The van der Waals surface area contributed by atoms with E-state index >= 15 is 0 Å². The van der Waals surface area contributed by atoms with E-state index in [0.29, 0.717) is 26.2 Å². The van der Waals surface area contributed by atoms with Gasteiger partial charge in [0.15, 0.2) is 0 Å². The molecule has 0 spiro atoms. The molecule has 0 aliphatic rings. The summed E-state index contributed by atoms with van der Waals surface area (Å²) in [6.45, 7) is 3.02. The highest BCUT2D eigenvalue weighted by molar-refractivity contribution is 4.87. The molecule has 0 aromatic carbocycles. The predicted octanol–water partition coefficient (Wildman–Crippen LogP) is -0.490. The van der Waals surface area contributed by atoms with E-state index in [4.69, 9.17) is 26.3 Å². The third-order valence-corrected chi connectivity index (χ3v) is 2.94. The summed E-state index contributed by atoms with van der Waals surface area (Å²) < 4.78 is 0. The van der Waals surface area contributed by atoms with Crippen molar-refractivity contribution >= 4 is 0 Å². The largest absolute Gasteiger partial charge is 0.288 e. The van der Waals surface area contributed by atoms with Crippen LogP contribution < -0.4 is 0 Å². The van der Waals surface area contributed by atoms with Gasteiger partial charge in [-0.1, -0.05) is 0 Å². The molecule has 0 saturated heterocycles. The Hall–Kier alpha value is -2.67. The monoisotopic (exact) mass is 298 g/mol. The van der Waals surface area contributed by atoms with E-state index in [9.17, 15) is 0 Å². The van der Waals surface area contributed by atoms with Crippen LogP contribution in [0.1, 0.15) is 0 Å². The molecule has 0 aromatic rings. The molecule has 0 saturated carbocycles. The van der Waals surface area contributed by atoms with E-state index in [1.165, 1.54) is 0 Å². The van der Waals surface area contributed by atoms with Crippen molar-refractivity contribution in [1.29, 1.82) is 26.3 Å². The standard InChI is InChI=1S/C14H18N8/c15-1-6-20(7-2-16)11-13-22(10-5-19)14-12-21(8-3-17)9-4-18/h6-14H2. The number of nitrogens with zero attached hydrogens (tertiary/aromatic N) is 8. The molecule has 0 unspecified atom stereocenters. The van der Waals surface area contributed by atoms with Crippen LogP contribution in [0.2, 0.25) is 0 Å². The SMILES string of the molecule is N#CCN(CC#N)CCN(CC#N)CCN(CC#N)CC#N. The molecule has 0 rings (SSSR count). The summed E-state index contributed by atoms with van der Waals surface area (Å²) in [5.41, 5.74) is 0. The first-order valence-corrected chi connectivity index (χ1v) is 6.73. The summed E-state index contributed by atoms with van der Waals surface area (Å²) in [5, 5.41) is 43.6. The van der Waals surface area contributed by atoms with Crippen LogP contribution >= 0.6 is 0 Å². The lowest BCUT2D eigenvalue weighted by Gasteiger charge is -2.25. The summed E-state index contributed by atoms with van der Waals surface area (Å²) in [7, 11) is 0. The molecule has 0 fully saturated rings. The van der Waals surface area contributed by atoms with Crippen LogP contribution in [-0.4, -0.2) is 73.6 Å². The van der Waals surface area contributed by atoms with Crippen LogP contribution in [0.15, 0.2) is 0 Å². The molecule has 0 N–H and O–H groups in total. The molecule has 0 amide bonds. The van der Waals surface area contributed by atoms with Crippen LogP contribution in [0.5, 0.6) is 0 Å². The van der Waals surface area contributed by atoms with Gasteiger partial charge in [0.1, 0.15) is 0 Å². The van der Waals surface area contributed by atoms with Gasteiger partial charge in [0.05, 0.1) is 63.1 Å². The van der Waals surface area contributed by atoms with Gasteiger partial charge in [0, 0.05) is 26.2 Å². The molecule has 8 heteroatoms. The highest BCUT2D eigenvalue weighted by atomic mass is 15.2. The minimum Gasteiger partial charge on any atom is -0.288 e. The second-order valence-electron chi connectivity index (χ2n) is 4.49. The van der Waals surface area contributed by atoms with E-state index in [2.05, 4.69) is 6.07 Å². The zero-order chi connectivity index (χ0) is 16.6. The second-order valence-corrected chi connectivity index (χ2v) is 4.49. The maximum Gasteiger partial charge on any atom is 0.0874 e. The third kappa shape index (κ3) is 9.27. The Balaban J connectivity index is 4.39. The molecule has 0 aromatic heterocycles. The first kappa shape index (κ1) is 19.3. The van der Waals surface area contributed by atoms with Crippen LogP contribution in [0.25, 0.3) is 0 Å². The van der Waals surface area contributed by atoms with Crippen molar-refractivity contribution in [1.82, 2.24) is 14.7 Å². The molecule has 8 nitrogen and oxygen atoms in total. The molecule has 22 heavy (non-hydrogen) atoms. The number of rotatable bonds is 11. The van der Waals surface area contributed by atoms with Crippen molar-refractivity contribution in [3.63, 3.8) is 0 Å². The lowest BCUT2D eigenvalue weighted by atomic mass is 10.3. The maximum absolute atomic E-state index is 8.85. The smallest absolute Gasteiger partial charge is 0.0874 e. The zero-order valence-electron chi connectivity index (χ0n) is 12.4. The van der Waals surface area contributed by atoms with E-state index in [1.54, 1.807) is 9.80 Å². The zero-order valence-corrected chi connectivity index (χ0v) is 12.4. The summed E-state index contributed by atoms with van der Waals surface area (Å²) in [4.78, 5) is 5.28. The Morgan fingerprint density at radius 3 is 0.909 bits per heavy atom. The van der Waals surface area contributed by atoms with Gasteiger partial charge in [-0.3, -0.25) is 14.7 Å². The molecule has 0 heterocycles. The lowest BCUT2D eigenvalue weighted by Crippen LogP contribution is -2.40. The summed E-state index contributed by atoms with van der Waals surface area (Å²) in [6, 6.07) is 10.1. The van der Waals surface area contributed by atoms with Gasteiger partial charge >= 0.3 is 0 Å². The number of hydrogen-bond donors (Lipinski definition) is 0. The fraction of sp³-hybridized carbons (Fsp3) is 0.643. The highest BCUT2D eigenvalue weighted by Gasteiger charge is 2.11. The third-order valence-electron chi connectivity index (χ3n) is 2.94. The van der Waals surface area contributed by atoms with Crippen molar-refractivity contribution in [2.24, 2.45) is 0 Å². The van der Waals surface area contributed by atoms with Gasteiger partial charge < -0.3 is 0 Å². The normalized spacial score (nSPS) is 9.73. The summed E-state index contributed by atoms with van der Waals surface area (Å²) in [6.07, 6.45) is 0. The Morgan fingerprint density at radius 1 is 0.409 bits per heavy atom. The number of hydrogen-bond acceptors (Lipinski definition) is 8. The quantitative estimate of drug-likeness (QED) is 0.467. The van der Waals surface area contributed by atoms with Crippen LogP contribution in [0, 0.1) is 56.7 Å². The Labute approximate surface area is 131 Å². The Kier molecular flexibility index (Phi) is 11.7. The van der Waals surface area contributed by atoms with Gasteiger partial charge in [-0.15, -0.1) is 0 Å². The van der Waals surface area contributed by atoms with Gasteiger partial charge in [-0.2, -0.15) is 26.3 Å². The fourth-order valence-electron chi connectivity index (χ4n) is 1.76. The van der Waals surface area contributed by atoms with Gasteiger partial charge in [-0.05, 0) is 0 Å². The molecular weight excluding hydrogens is 280 g/mol. The fourth-order valence-corrected chi connectivity index (χ4v) is 1.76.